The molecule has 1 aliphatic rings. The molecule has 0 bridgehead atoms. The van der Waals surface area contributed by atoms with Gasteiger partial charge in [-0.25, -0.2) is 0 Å². The summed E-state index contributed by atoms with van der Waals surface area (Å²) in [6.45, 7) is 3.20. The van der Waals surface area contributed by atoms with Crippen molar-refractivity contribution in [2.45, 2.75) is 44.2 Å². The van der Waals surface area contributed by atoms with E-state index in [9.17, 15) is 4.79 Å². The molecule has 1 heterocycles. The van der Waals surface area contributed by atoms with Gasteiger partial charge in [0.1, 0.15) is 0 Å². The minimum absolute atomic E-state index is 0.0286. The summed E-state index contributed by atoms with van der Waals surface area (Å²) in [5.74, 6) is -0.0286. The van der Waals surface area contributed by atoms with Crippen molar-refractivity contribution in [3.05, 3.63) is 34.9 Å². The lowest BCUT2D eigenvalue weighted by Gasteiger charge is -2.35. The Labute approximate surface area is 137 Å². The first-order valence-corrected chi connectivity index (χ1v) is 8.16. The van der Waals surface area contributed by atoms with E-state index < -0.39 is 5.60 Å². The van der Waals surface area contributed by atoms with Gasteiger partial charge in [0.15, 0.2) is 5.60 Å². The van der Waals surface area contributed by atoms with Crippen LogP contribution < -0.4 is 5.32 Å². The van der Waals surface area contributed by atoms with Gasteiger partial charge in [0.25, 0.3) is 5.91 Å². The monoisotopic (exact) mass is 325 g/mol. The van der Waals surface area contributed by atoms with Crippen LogP contribution in [0.1, 0.15) is 31.7 Å². The maximum Gasteiger partial charge on any atom is 0.252 e. The highest BCUT2D eigenvalue weighted by atomic mass is 35.5. The Bertz CT molecular complexity index is 483. The molecule has 0 saturated carbocycles. The lowest BCUT2D eigenvalue weighted by atomic mass is 9.92. The average molecular weight is 326 g/mol. The number of hydrogen-bond donors (Lipinski definition) is 1. The molecule has 5 heteroatoms. The van der Waals surface area contributed by atoms with Crippen molar-refractivity contribution >= 4 is 17.5 Å². The number of hydrogen-bond acceptors (Lipinski definition) is 3. The van der Waals surface area contributed by atoms with E-state index in [4.69, 9.17) is 21.1 Å². The maximum absolute atomic E-state index is 12.7. The van der Waals surface area contributed by atoms with Crippen molar-refractivity contribution in [3.63, 3.8) is 0 Å². The van der Waals surface area contributed by atoms with Gasteiger partial charge in [-0.2, -0.15) is 0 Å². The summed E-state index contributed by atoms with van der Waals surface area (Å²) in [6, 6.07) is 7.83. The van der Waals surface area contributed by atoms with Crippen LogP contribution in [-0.4, -0.2) is 37.9 Å². The normalized spacial score (nSPS) is 18.7. The Hall–Kier alpha value is -1.10. The summed E-state index contributed by atoms with van der Waals surface area (Å²) in [6.07, 6.45) is 2.86. The molecule has 2 rings (SSSR count). The molecule has 0 spiro atoms. The Balaban J connectivity index is 1.99. The van der Waals surface area contributed by atoms with Crippen LogP contribution in [-0.2, 0) is 20.7 Å². The predicted octanol–water partition coefficient (Wildman–Crippen LogP) is 2.97. The number of rotatable bonds is 6. The van der Waals surface area contributed by atoms with Gasteiger partial charge in [-0.05, 0) is 30.5 Å². The second kappa shape index (κ2) is 7.95. The molecule has 0 unspecified atom stereocenters. The van der Waals surface area contributed by atoms with E-state index in [1.54, 1.807) is 7.11 Å². The minimum Gasteiger partial charge on any atom is -0.381 e. The van der Waals surface area contributed by atoms with Gasteiger partial charge in [-0.1, -0.05) is 30.7 Å². The molecule has 1 aliphatic heterocycles. The van der Waals surface area contributed by atoms with Crippen molar-refractivity contribution in [2.24, 2.45) is 0 Å². The van der Waals surface area contributed by atoms with Gasteiger partial charge < -0.3 is 14.8 Å². The highest BCUT2D eigenvalue weighted by Gasteiger charge is 2.40. The molecule has 1 fully saturated rings. The molecule has 22 heavy (non-hydrogen) atoms. The Morgan fingerprint density at radius 2 is 2.00 bits per heavy atom. The number of nitrogens with one attached hydrogen (secondary N) is 1. The number of amides is 1. The third-order valence-corrected chi connectivity index (χ3v) is 4.58. The van der Waals surface area contributed by atoms with Gasteiger partial charge >= 0.3 is 0 Å². The molecular formula is C17H24ClNO3. The van der Waals surface area contributed by atoms with E-state index in [1.165, 1.54) is 0 Å². The number of benzene rings is 1. The van der Waals surface area contributed by atoms with Crippen molar-refractivity contribution in [1.29, 1.82) is 0 Å². The quantitative estimate of drug-likeness (QED) is 0.874. The molecule has 122 valence electrons. The summed E-state index contributed by atoms with van der Waals surface area (Å²) in [5.41, 5.74) is 0.418. The molecule has 1 atom stereocenters. The largest absolute Gasteiger partial charge is 0.381 e. The van der Waals surface area contributed by atoms with Gasteiger partial charge in [-0.15, -0.1) is 0 Å². The maximum atomic E-state index is 12.7. The lowest BCUT2D eigenvalue weighted by molar-refractivity contribution is -0.155. The van der Waals surface area contributed by atoms with Gasteiger partial charge in [0.05, 0.1) is 0 Å². The van der Waals surface area contributed by atoms with Gasteiger partial charge in [-0.3, -0.25) is 4.79 Å². The van der Waals surface area contributed by atoms with Crippen LogP contribution in [0, 0.1) is 0 Å². The van der Waals surface area contributed by atoms with Crippen molar-refractivity contribution in [1.82, 2.24) is 5.32 Å². The summed E-state index contributed by atoms with van der Waals surface area (Å²) in [5, 5.41) is 3.86. The van der Waals surface area contributed by atoms with E-state index >= 15 is 0 Å². The molecule has 0 aromatic heterocycles. The Kier molecular flexibility index (Phi) is 6.24. The van der Waals surface area contributed by atoms with E-state index in [0.29, 0.717) is 26.1 Å². The highest BCUT2D eigenvalue weighted by molar-refractivity contribution is 6.30. The fourth-order valence-electron chi connectivity index (χ4n) is 2.74. The SMILES string of the molecule is CC[C@@H](Cc1ccc(Cl)cc1)NC(=O)C1(OC)CCOCC1. The molecule has 1 amide bonds. The minimum atomic E-state index is -0.744. The smallest absolute Gasteiger partial charge is 0.252 e. The summed E-state index contributed by atoms with van der Waals surface area (Å²) in [7, 11) is 1.60. The Morgan fingerprint density at radius 1 is 1.36 bits per heavy atom. The van der Waals surface area contributed by atoms with Crippen LogP contribution in [0.3, 0.4) is 0 Å². The zero-order valence-corrected chi connectivity index (χ0v) is 14.0. The molecule has 1 aromatic carbocycles. The zero-order valence-electron chi connectivity index (χ0n) is 13.2. The van der Waals surface area contributed by atoms with Crippen LogP contribution >= 0.6 is 11.6 Å². The molecular weight excluding hydrogens is 302 g/mol. The second-order valence-corrected chi connectivity index (χ2v) is 6.16. The topological polar surface area (TPSA) is 47.6 Å². The van der Waals surface area contributed by atoms with Crippen LogP contribution in [0.15, 0.2) is 24.3 Å². The Morgan fingerprint density at radius 3 is 2.55 bits per heavy atom. The molecule has 1 saturated heterocycles. The molecule has 4 nitrogen and oxygen atoms in total. The zero-order chi connectivity index (χ0) is 16.0. The van der Waals surface area contributed by atoms with Gasteiger partial charge in [0.2, 0.25) is 0 Å². The summed E-state index contributed by atoms with van der Waals surface area (Å²) < 4.78 is 10.9. The molecule has 0 radical (unpaired) electrons. The van der Waals surface area contributed by atoms with E-state index in [2.05, 4.69) is 12.2 Å². The van der Waals surface area contributed by atoms with Crippen LogP contribution in [0.25, 0.3) is 0 Å². The predicted molar refractivity (Wildman–Crippen MR) is 87.2 cm³/mol. The molecule has 1 aromatic rings. The number of halogens is 1. The first kappa shape index (κ1) is 17.3. The first-order valence-electron chi connectivity index (χ1n) is 7.78. The average Bonchev–Trinajstić information content (AvgIpc) is 2.56. The van der Waals surface area contributed by atoms with Crippen molar-refractivity contribution in [3.8, 4) is 0 Å². The lowest BCUT2D eigenvalue weighted by Crippen LogP contribution is -2.54. The number of ether oxygens (including phenoxy) is 2. The third kappa shape index (κ3) is 4.22. The fraction of sp³-hybridized carbons (Fsp3) is 0.588. The van der Waals surface area contributed by atoms with E-state index in [-0.39, 0.29) is 11.9 Å². The van der Waals surface area contributed by atoms with Crippen molar-refractivity contribution < 1.29 is 14.3 Å². The summed E-state index contributed by atoms with van der Waals surface area (Å²) in [4.78, 5) is 12.7. The highest BCUT2D eigenvalue weighted by Crippen LogP contribution is 2.25. The third-order valence-electron chi connectivity index (χ3n) is 4.33. The van der Waals surface area contributed by atoms with Crippen LogP contribution in [0.4, 0.5) is 0 Å². The first-order chi connectivity index (χ1) is 10.6. The number of carbonyl (C=O) groups is 1. The second-order valence-electron chi connectivity index (χ2n) is 5.72. The van der Waals surface area contributed by atoms with E-state index in [1.807, 2.05) is 24.3 Å². The molecule has 1 N–H and O–H groups in total. The summed E-state index contributed by atoms with van der Waals surface area (Å²) >= 11 is 5.91. The van der Waals surface area contributed by atoms with Crippen LogP contribution in [0.5, 0.6) is 0 Å². The number of carbonyl (C=O) groups excluding carboxylic acids is 1. The standard InChI is InChI=1S/C17H24ClNO3/c1-3-15(12-13-4-6-14(18)7-5-13)19-16(20)17(21-2)8-10-22-11-9-17/h4-7,15H,3,8-12H2,1-2H3,(H,19,20)/t15-/m0/s1. The molecule has 0 aliphatic carbocycles. The van der Waals surface area contributed by atoms with E-state index in [0.717, 1.165) is 23.4 Å². The van der Waals surface area contributed by atoms with Gasteiger partial charge in [0, 0.05) is 44.2 Å². The van der Waals surface area contributed by atoms with Crippen LogP contribution in [0.2, 0.25) is 5.02 Å². The number of methoxy groups -OCH3 is 1. The fourth-order valence-corrected chi connectivity index (χ4v) is 2.87. The van der Waals surface area contributed by atoms with Crippen molar-refractivity contribution in [2.75, 3.05) is 20.3 Å².